The van der Waals surface area contributed by atoms with Crippen LogP contribution in [0.15, 0.2) is 0 Å². The zero-order valence-corrected chi connectivity index (χ0v) is 18.6. The van der Waals surface area contributed by atoms with Crippen LogP contribution in [0.5, 0.6) is 0 Å². The molecular formula is C23H37NO5. The average Bonchev–Trinajstić information content (AvgIpc) is 3.08. The topological polar surface area (TPSA) is 89.5 Å². The van der Waals surface area contributed by atoms with Crippen molar-refractivity contribution in [2.45, 2.75) is 85.6 Å². The summed E-state index contributed by atoms with van der Waals surface area (Å²) in [6.07, 6.45) is 4.31. The van der Waals surface area contributed by atoms with E-state index in [0.29, 0.717) is 24.7 Å². The van der Waals surface area contributed by atoms with Crippen LogP contribution in [-0.2, 0) is 19.1 Å². The van der Waals surface area contributed by atoms with Gasteiger partial charge in [0.2, 0.25) is 5.78 Å². The molecule has 2 aliphatic rings. The molecule has 0 aromatic rings. The Hall–Kier alpha value is -1.72. The summed E-state index contributed by atoms with van der Waals surface area (Å²) in [5.74, 6) is -0.692. The lowest BCUT2D eigenvalue weighted by Crippen LogP contribution is -2.46. The van der Waals surface area contributed by atoms with Crippen LogP contribution in [-0.4, -0.2) is 36.1 Å². The first-order valence-electron chi connectivity index (χ1n) is 11.0. The monoisotopic (exact) mass is 407 g/mol. The number of amides is 1. The summed E-state index contributed by atoms with van der Waals surface area (Å²) >= 11 is 0. The maximum atomic E-state index is 13.0. The van der Waals surface area contributed by atoms with Crippen molar-refractivity contribution in [2.75, 3.05) is 6.61 Å². The second kappa shape index (κ2) is 9.86. The molecule has 6 heteroatoms. The molecule has 2 bridgehead atoms. The summed E-state index contributed by atoms with van der Waals surface area (Å²) in [5, 5.41) is 2.67. The molecule has 1 amide bonds. The molecule has 2 saturated carbocycles. The van der Waals surface area contributed by atoms with E-state index in [9.17, 15) is 19.2 Å². The van der Waals surface area contributed by atoms with Crippen LogP contribution in [0.25, 0.3) is 0 Å². The summed E-state index contributed by atoms with van der Waals surface area (Å²) in [5.41, 5.74) is -0.169. The van der Waals surface area contributed by atoms with E-state index in [0.717, 1.165) is 25.7 Å². The van der Waals surface area contributed by atoms with Crippen LogP contribution in [0.1, 0.15) is 79.6 Å². The molecule has 1 N–H and O–H groups in total. The third-order valence-corrected chi connectivity index (χ3v) is 6.06. The lowest BCUT2D eigenvalue weighted by atomic mass is 9.83. The van der Waals surface area contributed by atoms with Gasteiger partial charge in [0.15, 0.2) is 11.6 Å². The smallest absolute Gasteiger partial charge is 0.407 e. The summed E-state index contributed by atoms with van der Waals surface area (Å²) in [6, 6.07) is -0.727. The number of fused-ring (bicyclic) bond motifs is 2. The van der Waals surface area contributed by atoms with Gasteiger partial charge < -0.3 is 10.1 Å². The van der Waals surface area contributed by atoms with Crippen molar-refractivity contribution < 1.29 is 23.9 Å². The molecule has 2 aliphatic carbocycles. The van der Waals surface area contributed by atoms with Crippen LogP contribution >= 0.6 is 0 Å². The number of carbonyl (C=O) groups excluding carboxylic acids is 4. The lowest BCUT2D eigenvalue weighted by Gasteiger charge is -2.25. The number of carbonyl (C=O) groups is 4. The largest absolute Gasteiger partial charge is 0.449 e. The Morgan fingerprint density at radius 2 is 1.72 bits per heavy atom. The third-order valence-electron chi connectivity index (χ3n) is 6.06. The van der Waals surface area contributed by atoms with E-state index >= 15 is 0 Å². The van der Waals surface area contributed by atoms with Gasteiger partial charge in [0, 0.05) is 18.8 Å². The highest BCUT2D eigenvalue weighted by Crippen LogP contribution is 2.39. The van der Waals surface area contributed by atoms with Gasteiger partial charge in [-0.25, -0.2) is 4.79 Å². The number of rotatable bonds is 6. The van der Waals surface area contributed by atoms with Gasteiger partial charge in [-0.05, 0) is 42.4 Å². The predicted octanol–water partition coefficient (Wildman–Crippen LogP) is 4.10. The Labute approximate surface area is 174 Å². The van der Waals surface area contributed by atoms with Crippen LogP contribution in [0.2, 0.25) is 0 Å². The molecule has 29 heavy (non-hydrogen) atoms. The van der Waals surface area contributed by atoms with Crippen molar-refractivity contribution in [1.82, 2.24) is 5.32 Å². The Balaban J connectivity index is 2.03. The molecule has 2 fully saturated rings. The zero-order chi connectivity index (χ0) is 21.8. The van der Waals surface area contributed by atoms with Gasteiger partial charge in [-0.2, -0.15) is 0 Å². The highest BCUT2D eigenvalue weighted by Gasteiger charge is 2.37. The van der Waals surface area contributed by atoms with Crippen molar-refractivity contribution in [3.05, 3.63) is 0 Å². The third kappa shape index (κ3) is 7.23. The summed E-state index contributed by atoms with van der Waals surface area (Å²) in [4.78, 5) is 50.1. The van der Waals surface area contributed by atoms with E-state index < -0.39 is 23.8 Å². The van der Waals surface area contributed by atoms with E-state index in [1.54, 1.807) is 0 Å². The Morgan fingerprint density at radius 1 is 1.07 bits per heavy atom. The van der Waals surface area contributed by atoms with Gasteiger partial charge in [0.25, 0.3) is 0 Å². The molecule has 0 saturated heterocycles. The van der Waals surface area contributed by atoms with Crippen LogP contribution in [0, 0.1) is 29.1 Å². The molecule has 0 heterocycles. The van der Waals surface area contributed by atoms with Crippen molar-refractivity contribution >= 4 is 23.4 Å². The highest BCUT2D eigenvalue weighted by molar-refractivity contribution is 6.38. The minimum absolute atomic E-state index is 0.00807. The Morgan fingerprint density at radius 3 is 2.34 bits per heavy atom. The average molecular weight is 408 g/mol. The van der Waals surface area contributed by atoms with Crippen LogP contribution in [0.3, 0.4) is 0 Å². The van der Waals surface area contributed by atoms with E-state index in [2.05, 4.69) is 5.32 Å². The Bertz CT molecular complexity index is 634. The standard InChI is InChI=1S/C23H37NO5/c1-14(2)20(24-22(28)29-13-23(3,4)5)19(26)12-17-11-16-7-6-15(10-16)8-9-18(25)21(17)27/h14-17,20H,6-13H2,1-5H3,(H,24,28). The first-order chi connectivity index (χ1) is 13.5. The summed E-state index contributed by atoms with van der Waals surface area (Å²) in [6.45, 7) is 9.82. The highest BCUT2D eigenvalue weighted by atomic mass is 16.5. The molecule has 0 spiro atoms. The molecule has 6 nitrogen and oxygen atoms in total. The minimum Gasteiger partial charge on any atom is -0.449 e. The van der Waals surface area contributed by atoms with Crippen LogP contribution < -0.4 is 5.32 Å². The van der Waals surface area contributed by atoms with Crippen molar-refractivity contribution in [2.24, 2.45) is 29.1 Å². The van der Waals surface area contributed by atoms with E-state index in [-0.39, 0.29) is 35.9 Å². The van der Waals surface area contributed by atoms with Gasteiger partial charge in [-0.1, -0.05) is 47.5 Å². The molecule has 4 unspecified atom stereocenters. The number of hydrogen-bond acceptors (Lipinski definition) is 5. The van der Waals surface area contributed by atoms with Gasteiger partial charge >= 0.3 is 6.09 Å². The van der Waals surface area contributed by atoms with Gasteiger partial charge in [-0.15, -0.1) is 0 Å². The second-order valence-corrected chi connectivity index (χ2v) is 10.5. The number of nitrogens with one attached hydrogen (secondary N) is 1. The number of Topliss-reactive ketones (excluding diaryl/α,β-unsaturated/α-hetero) is 3. The predicted molar refractivity (Wildman–Crippen MR) is 110 cm³/mol. The van der Waals surface area contributed by atoms with Crippen molar-refractivity contribution in [3.8, 4) is 0 Å². The molecule has 4 atom stereocenters. The molecule has 0 aliphatic heterocycles. The van der Waals surface area contributed by atoms with Gasteiger partial charge in [-0.3, -0.25) is 14.4 Å². The first kappa shape index (κ1) is 23.6. The summed E-state index contributed by atoms with van der Waals surface area (Å²) in [7, 11) is 0. The van der Waals surface area contributed by atoms with Gasteiger partial charge in [0.05, 0.1) is 12.6 Å². The molecule has 0 radical (unpaired) electrons. The fourth-order valence-corrected chi connectivity index (χ4v) is 4.47. The number of ketones is 3. The lowest BCUT2D eigenvalue weighted by molar-refractivity contribution is -0.140. The van der Waals surface area contributed by atoms with E-state index in [1.807, 2.05) is 34.6 Å². The quantitative estimate of drug-likeness (QED) is 0.670. The number of hydrogen-bond donors (Lipinski definition) is 1. The molecule has 164 valence electrons. The van der Waals surface area contributed by atoms with Crippen LogP contribution in [0.4, 0.5) is 4.79 Å². The molecule has 0 aromatic carbocycles. The maximum Gasteiger partial charge on any atom is 0.407 e. The Kier molecular flexibility index (Phi) is 8.01. The SMILES string of the molecule is CC(C)C(NC(=O)OCC(C)(C)C)C(=O)CC1CC2CCC(CCC(=O)C1=O)C2. The van der Waals surface area contributed by atoms with Crippen molar-refractivity contribution in [3.63, 3.8) is 0 Å². The van der Waals surface area contributed by atoms with E-state index in [1.165, 1.54) is 0 Å². The molecule has 0 aromatic heterocycles. The fourth-order valence-electron chi connectivity index (χ4n) is 4.47. The van der Waals surface area contributed by atoms with Gasteiger partial charge in [0.1, 0.15) is 0 Å². The normalized spacial score (nSPS) is 26.5. The van der Waals surface area contributed by atoms with Crippen molar-refractivity contribution in [1.29, 1.82) is 0 Å². The second-order valence-electron chi connectivity index (χ2n) is 10.5. The number of alkyl carbamates (subject to hydrolysis) is 1. The molecular weight excluding hydrogens is 370 g/mol. The first-order valence-corrected chi connectivity index (χ1v) is 11.0. The minimum atomic E-state index is -0.727. The summed E-state index contributed by atoms with van der Waals surface area (Å²) < 4.78 is 5.24. The zero-order valence-electron chi connectivity index (χ0n) is 18.6. The number of ether oxygens (including phenoxy) is 1. The van der Waals surface area contributed by atoms with E-state index in [4.69, 9.17) is 4.74 Å². The molecule has 2 rings (SSSR count). The fraction of sp³-hybridized carbons (Fsp3) is 0.826. The maximum absolute atomic E-state index is 13.0.